The molecule has 2 bridgehead atoms. The first-order valence-electron chi connectivity index (χ1n) is 12.0. The van der Waals surface area contributed by atoms with Crippen LogP contribution in [0.2, 0.25) is 0 Å². The van der Waals surface area contributed by atoms with E-state index in [0.29, 0.717) is 27.7 Å². The molecule has 2 atom stereocenters. The van der Waals surface area contributed by atoms with Crippen LogP contribution < -0.4 is 4.74 Å². The summed E-state index contributed by atoms with van der Waals surface area (Å²) in [6.07, 6.45) is -0.136. The fourth-order valence-electron chi connectivity index (χ4n) is 5.07. The predicted octanol–water partition coefficient (Wildman–Crippen LogP) is 6.48. The lowest BCUT2D eigenvalue weighted by molar-refractivity contribution is -0.137. The summed E-state index contributed by atoms with van der Waals surface area (Å²) in [5.74, 6) is 1.23. The van der Waals surface area contributed by atoms with Gasteiger partial charge in [0.1, 0.15) is 11.9 Å². The fourth-order valence-corrected chi connectivity index (χ4v) is 5.87. The molecule has 0 spiro atoms. The van der Waals surface area contributed by atoms with Crippen molar-refractivity contribution < 1.29 is 22.7 Å². The summed E-state index contributed by atoms with van der Waals surface area (Å²) in [7, 11) is 0. The van der Waals surface area contributed by atoms with Gasteiger partial charge in [-0.2, -0.15) is 18.4 Å². The van der Waals surface area contributed by atoms with E-state index < -0.39 is 11.7 Å². The zero-order valence-corrected chi connectivity index (χ0v) is 20.6. The molecule has 9 heteroatoms. The number of thioether (sulfide) groups is 1. The summed E-state index contributed by atoms with van der Waals surface area (Å²) >= 11 is 1.34. The maximum absolute atomic E-state index is 13.4. The second-order valence-electron chi connectivity index (χ2n) is 9.32. The molecule has 2 aromatic carbocycles. The Morgan fingerprint density at radius 1 is 1.08 bits per heavy atom. The van der Waals surface area contributed by atoms with E-state index in [0.717, 1.165) is 43.5 Å². The van der Waals surface area contributed by atoms with Crippen LogP contribution in [-0.4, -0.2) is 34.0 Å². The highest BCUT2D eigenvalue weighted by molar-refractivity contribution is 7.98. The van der Waals surface area contributed by atoms with Gasteiger partial charge >= 0.3 is 6.18 Å². The average Bonchev–Trinajstić information content (AvgIpc) is 3.17. The molecule has 0 N–H and O–H groups in total. The highest BCUT2D eigenvalue weighted by Crippen LogP contribution is 2.38. The molecular formula is C28H24F3N3O2S. The normalized spacial score (nSPS) is 20.9. The first-order chi connectivity index (χ1) is 17.8. The molecule has 0 saturated carbocycles. The maximum atomic E-state index is 13.4. The number of amides is 1. The number of hydrogen-bond acceptors (Lipinski definition) is 5. The van der Waals surface area contributed by atoms with Crippen LogP contribution in [0.3, 0.4) is 0 Å². The van der Waals surface area contributed by atoms with Gasteiger partial charge in [-0.25, -0.2) is 4.98 Å². The van der Waals surface area contributed by atoms with E-state index >= 15 is 0 Å². The van der Waals surface area contributed by atoms with Crippen molar-refractivity contribution in [3.63, 3.8) is 0 Å². The monoisotopic (exact) mass is 523 g/mol. The van der Waals surface area contributed by atoms with Crippen LogP contribution in [0.5, 0.6) is 5.75 Å². The lowest BCUT2D eigenvalue weighted by atomic mass is 9.98. The number of pyridine rings is 1. The number of hydrogen-bond donors (Lipinski definition) is 0. The number of piperidine rings is 1. The number of rotatable bonds is 6. The Balaban J connectivity index is 1.17. The van der Waals surface area contributed by atoms with Gasteiger partial charge in [-0.05, 0) is 60.9 Å². The summed E-state index contributed by atoms with van der Waals surface area (Å²) in [6.45, 7) is 0. The minimum absolute atomic E-state index is 0.00806. The van der Waals surface area contributed by atoms with Gasteiger partial charge < -0.3 is 9.64 Å². The zero-order valence-electron chi connectivity index (χ0n) is 19.8. The van der Waals surface area contributed by atoms with Crippen molar-refractivity contribution in [2.75, 3.05) is 0 Å². The summed E-state index contributed by atoms with van der Waals surface area (Å²) in [5.41, 5.74) is 1.38. The number of carbonyl (C=O) groups is 1. The highest BCUT2D eigenvalue weighted by Gasteiger charge is 2.44. The van der Waals surface area contributed by atoms with Gasteiger partial charge in [-0.15, -0.1) is 11.8 Å². The molecule has 2 fully saturated rings. The third-order valence-electron chi connectivity index (χ3n) is 6.84. The van der Waals surface area contributed by atoms with E-state index in [9.17, 15) is 18.0 Å². The minimum atomic E-state index is -4.40. The highest BCUT2D eigenvalue weighted by atomic mass is 32.2. The van der Waals surface area contributed by atoms with Crippen LogP contribution in [-0.2, 0) is 11.9 Å². The summed E-state index contributed by atoms with van der Waals surface area (Å²) in [6, 6.07) is 19.3. The van der Waals surface area contributed by atoms with Gasteiger partial charge in [0, 0.05) is 42.4 Å². The van der Waals surface area contributed by atoms with Gasteiger partial charge in [-0.3, -0.25) is 4.79 Å². The molecule has 2 saturated heterocycles. The zero-order chi connectivity index (χ0) is 26.0. The average molecular weight is 524 g/mol. The van der Waals surface area contributed by atoms with Gasteiger partial charge in [0.25, 0.3) is 5.91 Å². The van der Waals surface area contributed by atoms with Crippen molar-refractivity contribution in [2.24, 2.45) is 0 Å². The van der Waals surface area contributed by atoms with Crippen molar-refractivity contribution in [1.29, 1.82) is 5.26 Å². The maximum Gasteiger partial charge on any atom is 0.417 e. The molecule has 2 aliphatic rings. The number of nitrogens with zero attached hydrogens (tertiary/aromatic N) is 3. The van der Waals surface area contributed by atoms with Crippen LogP contribution >= 0.6 is 11.8 Å². The Kier molecular flexibility index (Phi) is 7.11. The van der Waals surface area contributed by atoms with Crippen LogP contribution in [0.1, 0.15) is 52.7 Å². The van der Waals surface area contributed by atoms with E-state index in [1.807, 2.05) is 41.3 Å². The molecule has 1 amide bonds. The molecule has 5 rings (SSSR count). The molecule has 1 aromatic heterocycles. The molecule has 2 unspecified atom stereocenters. The molecular weight excluding hydrogens is 499 g/mol. The van der Waals surface area contributed by atoms with Crippen molar-refractivity contribution >= 4 is 17.7 Å². The number of aromatic nitrogens is 1. The van der Waals surface area contributed by atoms with Crippen LogP contribution in [0, 0.1) is 11.3 Å². The molecule has 0 aliphatic carbocycles. The first-order valence-corrected chi connectivity index (χ1v) is 13.0. The Labute approximate surface area is 217 Å². The van der Waals surface area contributed by atoms with E-state index in [2.05, 4.69) is 11.1 Å². The van der Waals surface area contributed by atoms with E-state index in [1.165, 1.54) is 17.8 Å². The number of ether oxygens (including phenoxy) is 1. The van der Waals surface area contributed by atoms with Crippen LogP contribution in [0.15, 0.2) is 71.9 Å². The van der Waals surface area contributed by atoms with E-state index in [-0.39, 0.29) is 24.1 Å². The second kappa shape index (κ2) is 10.5. The number of alkyl halides is 3. The Hall–Kier alpha value is -3.51. The Bertz CT molecular complexity index is 1290. The molecule has 3 aromatic rings. The summed E-state index contributed by atoms with van der Waals surface area (Å²) in [4.78, 5) is 19.2. The number of carbonyl (C=O) groups excluding carboxylic acids is 1. The SMILES string of the molecule is N#Cc1cccc(OC2CC3CCC(C2)N3C(=O)c2ccc(CSc3ccc(C(F)(F)F)cn3)cc2)c1. The lowest BCUT2D eigenvalue weighted by Crippen LogP contribution is -2.49. The first kappa shape index (κ1) is 25.2. The van der Waals surface area contributed by atoms with Crippen molar-refractivity contribution in [3.05, 3.63) is 89.1 Å². The van der Waals surface area contributed by atoms with Gasteiger partial charge in [0.05, 0.1) is 22.2 Å². The molecule has 5 nitrogen and oxygen atoms in total. The Morgan fingerprint density at radius 2 is 1.81 bits per heavy atom. The predicted molar refractivity (Wildman–Crippen MR) is 133 cm³/mol. The number of halogens is 3. The van der Waals surface area contributed by atoms with Gasteiger partial charge in [0.15, 0.2) is 0 Å². The second-order valence-corrected chi connectivity index (χ2v) is 10.3. The Morgan fingerprint density at radius 3 is 2.43 bits per heavy atom. The standard InChI is InChI=1S/C28H24F3N3O2S/c29-28(30,31)21-8-11-26(33-16-21)37-17-18-4-6-20(7-5-18)27(35)34-22-9-10-23(34)14-25(13-22)36-24-3-1-2-19(12-24)15-32/h1-8,11-12,16,22-23,25H,9-10,13-14,17H2. The summed E-state index contributed by atoms with van der Waals surface area (Å²) < 4.78 is 44.3. The largest absolute Gasteiger partial charge is 0.490 e. The van der Waals surface area contributed by atoms with E-state index in [4.69, 9.17) is 10.00 Å². The van der Waals surface area contributed by atoms with E-state index in [1.54, 1.807) is 12.1 Å². The third-order valence-corrected chi connectivity index (χ3v) is 7.86. The molecule has 0 radical (unpaired) electrons. The topological polar surface area (TPSA) is 66.2 Å². The molecule has 3 heterocycles. The molecule has 190 valence electrons. The quantitative estimate of drug-likeness (QED) is 0.346. The van der Waals surface area contributed by atoms with Crippen LogP contribution in [0.4, 0.5) is 13.2 Å². The van der Waals surface area contributed by atoms with Crippen molar-refractivity contribution in [1.82, 2.24) is 9.88 Å². The lowest BCUT2D eigenvalue weighted by Gasteiger charge is -2.39. The number of nitriles is 1. The fraction of sp³-hybridized carbons (Fsp3) is 0.321. The van der Waals surface area contributed by atoms with Crippen LogP contribution in [0.25, 0.3) is 0 Å². The smallest absolute Gasteiger partial charge is 0.417 e. The van der Waals surface area contributed by atoms with Crippen molar-refractivity contribution in [2.45, 2.75) is 60.8 Å². The minimum Gasteiger partial charge on any atom is -0.490 e. The molecule has 37 heavy (non-hydrogen) atoms. The summed E-state index contributed by atoms with van der Waals surface area (Å²) in [5, 5.41) is 9.62. The van der Waals surface area contributed by atoms with Crippen molar-refractivity contribution in [3.8, 4) is 11.8 Å². The number of fused-ring (bicyclic) bond motifs is 2. The molecule has 2 aliphatic heterocycles. The van der Waals surface area contributed by atoms with Gasteiger partial charge in [0.2, 0.25) is 0 Å². The van der Waals surface area contributed by atoms with Gasteiger partial charge in [-0.1, -0.05) is 18.2 Å². The number of benzene rings is 2. The third kappa shape index (κ3) is 5.75.